The van der Waals surface area contributed by atoms with E-state index in [2.05, 4.69) is 17.2 Å². The van der Waals surface area contributed by atoms with E-state index in [0.717, 1.165) is 6.07 Å². The van der Waals surface area contributed by atoms with E-state index < -0.39 is 11.8 Å². The Morgan fingerprint density at radius 3 is 2.64 bits per heavy atom. The maximum atomic E-state index is 12.1. The predicted octanol–water partition coefficient (Wildman–Crippen LogP) is 1.70. The van der Waals surface area contributed by atoms with Crippen molar-refractivity contribution in [2.24, 2.45) is 5.73 Å². The minimum absolute atomic E-state index is 0.0191. The maximum Gasteiger partial charge on any atom is 0.287 e. The second-order valence-electron chi connectivity index (χ2n) is 5.66. The molecule has 1 heterocycles. The maximum absolute atomic E-state index is 12.1. The third-order valence-corrected chi connectivity index (χ3v) is 3.77. The van der Waals surface area contributed by atoms with Crippen molar-refractivity contribution in [1.82, 2.24) is 5.32 Å². The van der Waals surface area contributed by atoms with Gasteiger partial charge in [0.05, 0.1) is 17.5 Å². The van der Waals surface area contributed by atoms with Crippen LogP contribution >= 0.6 is 0 Å². The number of hydrogen-bond donors (Lipinski definition) is 2. The first-order chi connectivity index (χ1) is 13.6. The number of ether oxygens (including phenoxy) is 1. The van der Waals surface area contributed by atoms with Gasteiger partial charge in [0.15, 0.2) is 11.2 Å². The van der Waals surface area contributed by atoms with Crippen LogP contribution in [0.2, 0.25) is 0 Å². The van der Waals surface area contributed by atoms with Crippen LogP contribution in [0.5, 0.6) is 5.75 Å². The van der Waals surface area contributed by atoms with Gasteiger partial charge in [-0.2, -0.15) is 0 Å². The summed E-state index contributed by atoms with van der Waals surface area (Å²) < 4.78 is 10.9. The molecule has 7 heteroatoms. The van der Waals surface area contributed by atoms with Gasteiger partial charge >= 0.3 is 0 Å². The first-order valence-electron chi connectivity index (χ1n) is 8.34. The van der Waals surface area contributed by atoms with Gasteiger partial charge in [0.2, 0.25) is 0 Å². The van der Waals surface area contributed by atoms with Crippen molar-refractivity contribution in [2.75, 3.05) is 13.2 Å². The summed E-state index contributed by atoms with van der Waals surface area (Å²) in [4.78, 5) is 35.4. The van der Waals surface area contributed by atoms with Crippen molar-refractivity contribution in [2.45, 2.75) is 0 Å². The van der Waals surface area contributed by atoms with Gasteiger partial charge in [-0.05, 0) is 24.3 Å². The van der Waals surface area contributed by atoms with Crippen LogP contribution in [0, 0.1) is 11.8 Å². The standard InChI is InChI=1S/C21H16N2O5/c22-20(25)15-8-2-3-9-17(15)27-12-6-5-11-23-21(26)19-13-16(24)14-7-1-4-10-18(14)28-19/h1-4,7-10,13H,11-12H2,(H2,22,25)(H,23,26). The number of benzene rings is 2. The molecule has 0 unspecified atom stereocenters. The highest BCUT2D eigenvalue weighted by atomic mass is 16.5. The molecule has 0 atom stereocenters. The van der Waals surface area contributed by atoms with Gasteiger partial charge < -0.3 is 20.2 Å². The van der Waals surface area contributed by atoms with Crippen LogP contribution in [0.1, 0.15) is 20.9 Å². The van der Waals surface area contributed by atoms with Crippen LogP contribution in [-0.2, 0) is 0 Å². The lowest BCUT2D eigenvalue weighted by atomic mass is 10.2. The molecule has 3 N–H and O–H groups in total. The van der Waals surface area contributed by atoms with Gasteiger partial charge in [-0.15, -0.1) is 0 Å². The highest BCUT2D eigenvalue weighted by Crippen LogP contribution is 2.16. The monoisotopic (exact) mass is 376 g/mol. The number of nitrogens with two attached hydrogens (primary N) is 1. The molecule has 0 radical (unpaired) electrons. The second kappa shape index (κ2) is 8.56. The molecule has 3 rings (SSSR count). The zero-order chi connectivity index (χ0) is 19.9. The number of fused-ring (bicyclic) bond motifs is 1. The lowest BCUT2D eigenvalue weighted by Crippen LogP contribution is -2.24. The van der Waals surface area contributed by atoms with E-state index in [1.54, 1.807) is 48.5 Å². The molecule has 140 valence electrons. The number of amides is 2. The van der Waals surface area contributed by atoms with E-state index in [4.69, 9.17) is 14.9 Å². The minimum Gasteiger partial charge on any atom is -0.480 e. The number of nitrogens with one attached hydrogen (secondary N) is 1. The average molecular weight is 376 g/mol. The first-order valence-corrected chi connectivity index (χ1v) is 8.34. The van der Waals surface area contributed by atoms with Crippen LogP contribution < -0.4 is 21.2 Å². The van der Waals surface area contributed by atoms with Gasteiger partial charge in [0, 0.05) is 6.07 Å². The molecule has 2 aromatic carbocycles. The smallest absolute Gasteiger partial charge is 0.287 e. The average Bonchev–Trinajstić information content (AvgIpc) is 2.70. The summed E-state index contributed by atoms with van der Waals surface area (Å²) in [6, 6.07) is 14.4. The summed E-state index contributed by atoms with van der Waals surface area (Å²) >= 11 is 0. The molecule has 3 aromatic rings. The van der Waals surface area contributed by atoms with Crippen LogP contribution in [0.3, 0.4) is 0 Å². The van der Waals surface area contributed by atoms with E-state index in [0.29, 0.717) is 16.7 Å². The van der Waals surface area contributed by atoms with Crippen molar-refractivity contribution < 1.29 is 18.7 Å². The SMILES string of the molecule is NC(=O)c1ccccc1OCC#CCNC(=O)c1cc(=O)c2ccccc2o1. The molecule has 1 aromatic heterocycles. The Kier molecular flexibility index (Phi) is 5.72. The number of carbonyl (C=O) groups is 2. The molecule has 0 spiro atoms. The normalized spacial score (nSPS) is 10.0. The summed E-state index contributed by atoms with van der Waals surface area (Å²) in [7, 11) is 0. The van der Waals surface area contributed by atoms with Crippen molar-refractivity contribution in [3.05, 3.63) is 76.1 Å². The number of hydrogen-bond acceptors (Lipinski definition) is 5. The zero-order valence-corrected chi connectivity index (χ0v) is 14.7. The third kappa shape index (κ3) is 4.37. The van der Waals surface area contributed by atoms with Crippen LogP contribution in [0.15, 0.2) is 63.8 Å². The van der Waals surface area contributed by atoms with E-state index in [9.17, 15) is 14.4 Å². The summed E-state index contributed by atoms with van der Waals surface area (Å²) in [6.07, 6.45) is 0. The van der Waals surface area contributed by atoms with Gasteiger partial charge in [-0.25, -0.2) is 0 Å². The minimum atomic E-state index is -0.590. The lowest BCUT2D eigenvalue weighted by Gasteiger charge is -2.05. The van der Waals surface area contributed by atoms with Gasteiger partial charge in [0.25, 0.3) is 11.8 Å². The fourth-order valence-corrected chi connectivity index (χ4v) is 2.45. The Bertz CT molecular complexity index is 1150. The molecular weight excluding hydrogens is 360 g/mol. The predicted molar refractivity (Wildman–Crippen MR) is 103 cm³/mol. The van der Waals surface area contributed by atoms with Gasteiger partial charge in [-0.3, -0.25) is 14.4 Å². The van der Waals surface area contributed by atoms with E-state index >= 15 is 0 Å². The van der Waals surface area contributed by atoms with Gasteiger partial charge in [0.1, 0.15) is 17.9 Å². The molecule has 0 aliphatic heterocycles. The molecule has 0 aliphatic rings. The van der Waals surface area contributed by atoms with Crippen LogP contribution in [0.4, 0.5) is 0 Å². The number of carbonyl (C=O) groups excluding carboxylic acids is 2. The quantitative estimate of drug-likeness (QED) is 0.659. The van der Waals surface area contributed by atoms with Crippen molar-refractivity contribution in [3.63, 3.8) is 0 Å². The summed E-state index contributed by atoms with van der Waals surface area (Å²) in [5.74, 6) is 4.55. The highest BCUT2D eigenvalue weighted by molar-refractivity contribution is 5.95. The molecule has 0 saturated carbocycles. The molecular formula is C21H16N2O5. The molecule has 0 saturated heterocycles. The van der Waals surface area contributed by atoms with Crippen molar-refractivity contribution in [1.29, 1.82) is 0 Å². The second-order valence-corrected chi connectivity index (χ2v) is 5.66. The third-order valence-electron chi connectivity index (χ3n) is 3.77. The molecule has 0 bridgehead atoms. The number of primary amides is 1. The zero-order valence-electron chi connectivity index (χ0n) is 14.7. The number of para-hydroxylation sites is 2. The fraction of sp³-hybridized carbons (Fsp3) is 0.0952. The number of rotatable bonds is 5. The fourth-order valence-electron chi connectivity index (χ4n) is 2.45. The van der Waals surface area contributed by atoms with E-state index in [1.807, 2.05) is 0 Å². The van der Waals surface area contributed by atoms with Crippen molar-refractivity contribution in [3.8, 4) is 17.6 Å². The molecule has 0 aliphatic carbocycles. The largest absolute Gasteiger partial charge is 0.480 e. The Morgan fingerprint density at radius 2 is 1.82 bits per heavy atom. The Hall–Kier alpha value is -4.05. The Morgan fingerprint density at radius 1 is 1.07 bits per heavy atom. The Balaban J connectivity index is 1.56. The van der Waals surface area contributed by atoms with E-state index in [-0.39, 0.29) is 29.9 Å². The van der Waals surface area contributed by atoms with E-state index in [1.165, 1.54) is 0 Å². The summed E-state index contributed by atoms with van der Waals surface area (Å²) in [6.45, 7) is 0.0570. The first kappa shape index (κ1) is 18.7. The molecule has 2 amide bonds. The Labute approximate surface area is 160 Å². The topological polar surface area (TPSA) is 112 Å². The summed E-state index contributed by atoms with van der Waals surface area (Å²) in [5.41, 5.74) is 5.58. The van der Waals surface area contributed by atoms with Crippen LogP contribution in [0.25, 0.3) is 11.0 Å². The molecule has 28 heavy (non-hydrogen) atoms. The van der Waals surface area contributed by atoms with Crippen LogP contribution in [-0.4, -0.2) is 25.0 Å². The summed E-state index contributed by atoms with van der Waals surface area (Å²) in [5, 5.41) is 2.95. The molecule has 7 nitrogen and oxygen atoms in total. The highest BCUT2D eigenvalue weighted by Gasteiger charge is 2.11. The van der Waals surface area contributed by atoms with Gasteiger partial charge in [-0.1, -0.05) is 36.1 Å². The molecule has 0 fully saturated rings. The lowest BCUT2D eigenvalue weighted by molar-refractivity contribution is 0.0930. The van der Waals surface area contributed by atoms with Crippen molar-refractivity contribution >= 4 is 22.8 Å².